The van der Waals surface area contributed by atoms with Crippen LogP contribution < -0.4 is 5.32 Å². The summed E-state index contributed by atoms with van der Waals surface area (Å²) in [5, 5.41) is 3.67. The molecule has 0 aliphatic heterocycles. The van der Waals surface area contributed by atoms with Gasteiger partial charge >= 0.3 is 0 Å². The molecule has 116 valence electrons. The van der Waals surface area contributed by atoms with E-state index in [9.17, 15) is 0 Å². The first-order valence-corrected chi connectivity index (χ1v) is 8.96. The highest BCUT2D eigenvalue weighted by Gasteiger charge is 2.19. The van der Waals surface area contributed by atoms with Gasteiger partial charge in [-0.3, -0.25) is 0 Å². The van der Waals surface area contributed by atoms with Crippen molar-refractivity contribution < 1.29 is 4.42 Å². The molecule has 0 aliphatic rings. The highest BCUT2D eigenvalue weighted by Crippen LogP contribution is 2.31. The van der Waals surface area contributed by atoms with Crippen LogP contribution in [0.1, 0.15) is 56.2 Å². The summed E-state index contributed by atoms with van der Waals surface area (Å²) >= 11 is 7.70. The molecule has 1 N–H and O–H groups in total. The summed E-state index contributed by atoms with van der Waals surface area (Å²) in [4.78, 5) is 1.21. The van der Waals surface area contributed by atoms with E-state index in [1.165, 1.54) is 30.6 Å². The Bertz CT molecular complexity index is 509. The summed E-state index contributed by atoms with van der Waals surface area (Å²) in [6.07, 6.45) is 6.79. The molecule has 0 bridgehead atoms. The Morgan fingerprint density at radius 3 is 2.71 bits per heavy atom. The first-order chi connectivity index (χ1) is 10.2. The number of hydrogen-bond donors (Lipinski definition) is 1. The monoisotopic (exact) mass is 325 g/mol. The maximum absolute atomic E-state index is 6.08. The van der Waals surface area contributed by atoms with Crippen molar-refractivity contribution in [3.8, 4) is 0 Å². The molecule has 2 aromatic heterocycles. The highest BCUT2D eigenvalue weighted by atomic mass is 35.5. The van der Waals surface area contributed by atoms with Crippen LogP contribution >= 0.6 is 22.9 Å². The number of hydrogen-bond acceptors (Lipinski definition) is 3. The number of nitrogens with one attached hydrogen (secondary N) is 1. The number of halogens is 1. The third-order valence-electron chi connectivity index (χ3n) is 3.86. The van der Waals surface area contributed by atoms with Crippen LogP contribution in [0.2, 0.25) is 4.34 Å². The number of unbranched alkanes of at least 4 members (excludes halogenated alkanes) is 1. The van der Waals surface area contributed by atoms with Gasteiger partial charge in [0.2, 0.25) is 0 Å². The van der Waals surface area contributed by atoms with Gasteiger partial charge in [-0.2, -0.15) is 0 Å². The van der Waals surface area contributed by atoms with Gasteiger partial charge in [-0.15, -0.1) is 11.3 Å². The summed E-state index contributed by atoms with van der Waals surface area (Å²) < 4.78 is 6.43. The Morgan fingerprint density at radius 2 is 2.14 bits per heavy atom. The van der Waals surface area contributed by atoms with Gasteiger partial charge in [0.1, 0.15) is 11.8 Å². The molecule has 0 amide bonds. The molecule has 0 aliphatic carbocycles. The molecule has 21 heavy (non-hydrogen) atoms. The standard InChI is InChI=1S/C17H24ClNOS/c1-3-5-7-13(4-2)12-19-17(14-8-6-11-20-14)15-9-10-16(18)21-15/h6,8-11,13,17,19H,3-5,7,12H2,1-2H3. The van der Waals surface area contributed by atoms with Crippen molar-refractivity contribution in [3.05, 3.63) is 45.5 Å². The fourth-order valence-corrected chi connectivity index (χ4v) is 3.65. The average Bonchev–Trinajstić information content (AvgIpc) is 3.15. The molecule has 0 spiro atoms. The molecular weight excluding hydrogens is 302 g/mol. The Balaban J connectivity index is 2.03. The van der Waals surface area contributed by atoms with Crippen LogP contribution in [0.3, 0.4) is 0 Å². The number of thiophene rings is 1. The largest absolute Gasteiger partial charge is 0.467 e. The van der Waals surface area contributed by atoms with Crippen molar-refractivity contribution in [2.45, 2.75) is 45.6 Å². The lowest BCUT2D eigenvalue weighted by Gasteiger charge is -2.20. The third kappa shape index (κ3) is 4.87. The maximum Gasteiger partial charge on any atom is 0.126 e. The topological polar surface area (TPSA) is 25.2 Å². The van der Waals surface area contributed by atoms with Gasteiger partial charge in [-0.25, -0.2) is 0 Å². The minimum Gasteiger partial charge on any atom is -0.467 e. The van der Waals surface area contributed by atoms with E-state index in [-0.39, 0.29) is 6.04 Å². The average molecular weight is 326 g/mol. The molecule has 2 unspecified atom stereocenters. The van der Waals surface area contributed by atoms with Crippen LogP contribution in [0.4, 0.5) is 0 Å². The van der Waals surface area contributed by atoms with Crippen molar-refractivity contribution in [1.29, 1.82) is 0 Å². The highest BCUT2D eigenvalue weighted by molar-refractivity contribution is 7.16. The first kappa shape index (κ1) is 16.6. The van der Waals surface area contributed by atoms with Gasteiger partial charge in [0, 0.05) is 4.88 Å². The van der Waals surface area contributed by atoms with E-state index in [4.69, 9.17) is 16.0 Å². The maximum atomic E-state index is 6.08. The minimum absolute atomic E-state index is 0.105. The van der Waals surface area contributed by atoms with Crippen molar-refractivity contribution in [3.63, 3.8) is 0 Å². The van der Waals surface area contributed by atoms with Crippen molar-refractivity contribution in [2.24, 2.45) is 5.92 Å². The summed E-state index contributed by atoms with van der Waals surface area (Å²) in [7, 11) is 0. The Hall–Kier alpha value is -0.770. The van der Waals surface area contributed by atoms with Gasteiger partial charge in [0.05, 0.1) is 10.6 Å². The van der Waals surface area contributed by atoms with Crippen LogP contribution in [-0.4, -0.2) is 6.54 Å². The summed E-state index contributed by atoms with van der Waals surface area (Å²) in [6.45, 7) is 5.53. The van der Waals surface area contributed by atoms with E-state index in [1.807, 2.05) is 18.2 Å². The zero-order valence-electron chi connectivity index (χ0n) is 12.8. The lowest BCUT2D eigenvalue weighted by molar-refractivity contribution is 0.381. The van der Waals surface area contributed by atoms with Gasteiger partial charge < -0.3 is 9.73 Å². The third-order valence-corrected chi connectivity index (χ3v) is 5.16. The number of furan rings is 1. The molecule has 0 fully saturated rings. The van der Waals surface area contributed by atoms with Crippen LogP contribution in [-0.2, 0) is 0 Å². The second-order valence-electron chi connectivity index (χ2n) is 5.42. The lowest BCUT2D eigenvalue weighted by Crippen LogP contribution is -2.27. The summed E-state index contributed by atoms with van der Waals surface area (Å²) in [5.41, 5.74) is 0. The van der Waals surface area contributed by atoms with Gasteiger partial charge in [0.15, 0.2) is 0 Å². The molecule has 0 saturated carbocycles. The van der Waals surface area contributed by atoms with Gasteiger partial charge in [-0.1, -0.05) is 44.7 Å². The SMILES string of the molecule is CCCCC(CC)CNC(c1ccco1)c1ccc(Cl)s1. The summed E-state index contributed by atoms with van der Waals surface area (Å²) in [6, 6.07) is 8.10. The van der Waals surface area contributed by atoms with Crippen molar-refractivity contribution in [2.75, 3.05) is 6.54 Å². The van der Waals surface area contributed by atoms with E-state index >= 15 is 0 Å². The van der Waals surface area contributed by atoms with Gasteiger partial charge in [0.25, 0.3) is 0 Å². The normalized spacial score (nSPS) is 14.2. The van der Waals surface area contributed by atoms with E-state index < -0.39 is 0 Å². The molecule has 0 saturated heterocycles. The van der Waals surface area contributed by atoms with Crippen molar-refractivity contribution in [1.82, 2.24) is 5.32 Å². The van der Waals surface area contributed by atoms with Gasteiger partial charge in [-0.05, 0) is 43.1 Å². The molecule has 4 heteroatoms. The van der Waals surface area contributed by atoms with E-state index in [0.29, 0.717) is 0 Å². The molecule has 0 radical (unpaired) electrons. The Morgan fingerprint density at radius 1 is 1.29 bits per heavy atom. The Labute approximate surface area is 136 Å². The first-order valence-electron chi connectivity index (χ1n) is 7.76. The molecular formula is C17H24ClNOS. The van der Waals surface area contributed by atoms with E-state index in [1.54, 1.807) is 17.6 Å². The fraction of sp³-hybridized carbons (Fsp3) is 0.529. The lowest BCUT2D eigenvalue weighted by atomic mass is 9.99. The molecule has 2 atom stereocenters. The minimum atomic E-state index is 0.105. The second kappa shape index (κ2) is 8.62. The fourth-order valence-electron chi connectivity index (χ4n) is 2.51. The van der Waals surface area contributed by atoms with E-state index in [2.05, 4.69) is 25.2 Å². The quantitative estimate of drug-likeness (QED) is 0.621. The molecule has 0 aromatic carbocycles. The predicted molar refractivity (Wildman–Crippen MR) is 91.2 cm³/mol. The predicted octanol–water partition coefficient (Wildman–Crippen LogP) is 5.89. The zero-order chi connectivity index (χ0) is 15.1. The molecule has 2 aromatic rings. The molecule has 2 heterocycles. The Kier molecular flexibility index (Phi) is 6.81. The van der Waals surface area contributed by atoms with E-state index in [0.717, 1.165) is 22.6 Å². The molecule has 2 nitrogen and oxygen atoms in total. The smallest absolute Gasteiger partial charge is 0.126 e. The zero-order valence-corrected chi connectivity index (χ0v) is 14.3. The number of rotatable bonds is 9. The van der Waals surface area contributed by atoms with Crippen LogP contribution in [0.5, 0.6) is 0 Å². The molecule has 2 rings (SSSR count). The second-order valence-corrected chi connectivity index (χ2v) is 7.16. The summed E-state index contributed by atoms with van der Waals surface area (Å²) in [5.74, 6) is 1.68. The van der Waals surface area contributed by atoms with Crippen LogP contribution in [0.15, 0.2) is 34.9 Å². The van der Waals surface area contributed by atoms with Crippen LogP contribution in [0.25, 0.3) is 0 Å². The van der Waals surface area contributed by atoms with Crippen LogP contribution in [0, 0.1) is 5.92 Å². The van der Waals surface area contributed by atoms with Crippen molar-refractivity contribution >= 4 is 22.9 Å².